The highest BCUT2D eigenvalue weighted by Crippen LogP contribution is 2.36. The molecule has 2 aliphatic rings. The zero-order chi connectivity index (χ0) is 20.5. The van der Waals surface area contributed by atoms with Crippen molar-refractivity contribution in [2.24, 2.45) is 23.7 Å². The van der Waals surface area contributed by atoms with Crippen LogP contribution in [0.25, 0.3) is 0 Å². The van der Waals surface area contributed by atoms with Gasteiger partial charge < -0.3 is 15.3 Å². The number of aliphatic hydroxyl groups is 1. The van der Waals surface area contributed by atoms with Gasteiger partial charge in [-0.2, -0.15) is 0 Å². The van der Waals surface area contributed by atoms with E-state index in [-0.39, 0.29) is 23.8 Å². The molecule has 162 valence electrons. The first-order chi connectivity index (χ1) is 13.4. The Morgan fingerprint density at radius 3 is 2.36 bits per heavy atom. The van der Waals surface area contributed by atoms with Crippen LogP contribution in [0.5, 0.6) is 0 Å². The number of rotatable bonds is 10. The summed E-state index contributed by atoms with van der Waals surface area (Å²) in [5.74, 6) is 2.65. The van der Waals surface area contributed by atoms with Crippen LogP contribution in [0.2, 0.25) is 0 Å². The normalized spacial score (nSPS) is 26.5. The van der Waals surface area contributed by atoms with Crippen molar-refractivity contribution < 1.29 is 14.7 Å². The Balaban J connectivity index is 1.52. The van der Waals surface area contributed by atoms with Crippen LogP contribution in [0.4, 0.5) is 0 Å². The van der Waals surface area contributed by atoms with Gasteiger partial charge in [0, 0.05) is 32.0 Å². The lowest BCUT2D eigenvalue weighted by Gasteiger charge is -2.32. The molecule has 2 N–H and O–H groups in total. The Morgan fingerprint density at radius 1 is 1.04 bits per heavy atom. The average molecular weight is 395 g/mol. The lowest BCUT2D eigenvalue weighted by atomic mass is 9.74. The number of carbonyl (C=O) groups is 2. The first-order valence-electron chi connectivity index (χ1n) is 11.6. The van der Waals surface area contributed by atoms with E-state index in [0.717, 1.165) is 31.1 Å². The molecule has 5 nitrogen and oxygen atoms in total. The van der Waals surface area contributed by atoms with Gasteiger partial charge in [0.2, 0.25) is 11.8 Å². The largest absolute Gasteiger partial charge is 0.391 e. The third-order valence-electron chi connectivity index (χ3n) is 6.70. The molecule has 1 heterocycles. The van der Waals surface area contributed by atoms with Crippen molar-refractivity contribution in [1.82, 2.24) is 10.2 Å². The number of hydrogen-bond donors (Lipinski definition) is 2. The Hall–Kier alpha value is -1.10. The lowest BCUT2D eigenvalue weighted by molar-refractivity contribution is -0.130. The number of nitrogens with zero attached hydrogens (tertiary/aromatic N) is 1. The topological polar surface area (TPSA) is 69.6 Å². The first kappa shape index (κ1) is 23.2. The Labute approximate surface area is 171 Å². The summed E-state index contributed by atoms with van der Waals surface area (Å²) < 4.78 is 0. The van der Waals surface area contributed by atoms with E-state index in [0.29, 0.717) is 38.4 Å². The van der Waals surface area contributed by atoms with Crippen molar-refractivity contribution in [3.05, 3.63) is 0 Å². The summed E-state index contributed by atoms with van der Waals surface area (Å²) in [5, 5.41) is 12.6. The molecule has 0 aromatic carbocycles. The zero-order valence-electron chi connectivity index (χ0n) is 18.3. The minimum Gasteiger partial charge on any atom is -0.391 e. The van der Waals surface area contributed by atoms with Gasteiger partial charge in [0.1, 0.15) is 0 Å². The van der Waals surface area contributed by atoms with Crippen LogP contribution < -0.4 is 5.32 Å². The van der Waals surface area contributed by atoms with Crippen LogP contribution in [0.1, 0.15) is 85.0 Å². The van der Waals surface area contributed by atoms with Crippen molar-refractivity contribution in [2.75, 3.05) is 19.6 Å². The summed E-state index contributed by atoms with van der Waals surface area (Å²) in [6.07, 6.45) is 9.93. The van der Waals surface area contributed by atoms with Gasteiger partial charge in [-0.25, -0.2) is 0 Å². The van der Waals surface area contributed by atoms with E-state index in [1.54, 1.807) is 4.90 Å². The van der Waals surface area contributed by atoms with E-state index < -0.39 is 0 Å². The maximum absolute atomic E-state index is 12.5. The molecule has 0 spiro atoms. The van der Waals surface area contributed by atoms with E-state index in [1.807, 2.05) is 0 Å². The number of unbranched alkanes of at least 4 members (excludes halogenated alkanes) is 2. The van der Waals surface area contributed by atoms with E-state index in [1.165, 1.54) is 32.1 Å². The molecule has 0 aromatic heterocycles. The van der Waals surface area contributed by atoms with Gasteiger partial charge in [-0.05, 0) is 56.3 Å². The molecule has 0 bridgehead atoms. The minimum absolute atomic E-state index is 0.114. The molecule has 1 aliphatic heterocycles. The Bertz CT molecular complexity index is 486. The van der Waals surface area contributed by atoms with E-state index >= 15 is 0 Å². The van der Waals surface area contributed by atoms with Crippen molar-refractivity contribution in [2.45, 2.75) is 91.1 Å². The van der Waals surface area contributed by atoms with Gasteiger partial charge in [0.25, 0.3) is 0 Å². The Kier molecular flexibility index (Phi) is 9.76. The fourth-order valence-corrected chi connectivity index (χ4v) is 4.88. The molecule has 1 saturated heterocycles. The second-order valence-electron chi connectivity index (χ2n) is 9.58. The summed E-state index contributed by atoms with van der Waals surface area (Å²) in [5.41, 5.74) is 0. The quantitative estimate of drug-likeness (QED) is 0.555. The van der Waals surface area contributed by atoms with Crippen LogP contribution in [0, 0.1) is 23.7 Å². The predicted molar refractivity (Wildman–Crippen MR) is 113 cm³/mol. The minimum atomic E-state index is -0.341. The molecule has 0 aromatic rings. The van der Waals surface area contributed by atoms with Gasteiger partial charge >= 0.3 is 0 Å². The highest BCUT2D eigenvalue weighted by molar-refractivity contribution is 5.78. The monoisotopic (exact) mass is 394 g/mol. The van der Waals surface area contributed by atoms with Crippen LogP contribution in [0.15, 0.2) is 0 Å². The van der Waals surface area contributed by atoms with Crippen molar-refractivity contribution in [3.8, 4) is 0 Å². The summed E-state index contributed by atoms with van der Waals surface area (Å²) in [4.78, 5) is 26.2. The first-order valence-corrected chi connectivity index (χ1v) is 11.6. The van der Waals surface area contributed by atoms with Crippen LogP contribution in [0.3, 0.4) is 0 Å². The van der Waals surface area contributed by atoms with Crippen LogP contribution in [-0.4, -0.2) is 47.6 Å². The van der Waals surface area contributed by atoms with Crippen molar-refractivity contribution in [1.29, 1.82) is 0 Å². The molecule has 1 saturated carbocycles. The zero-order valence-corrected chi connectivity index (χ0v) is 18.3. The molecule has 2 amide bonds. The smallest absolute Gasteiger partial charge is 0.223 e. The fraction of sp³-hybridized carbons (Fsp3) is 0.913. The highest BCUT2D eigenvalue weighted by Gasteiger charge is 2.29. The van der Waals surface area contributed by atoms with Gasteiger partial charge in [-0.1, -0.05) is 40.0 Å². The molecule has 0 radical (unpaired) electrons. The fourth-order valence-electron chi connectivity index (χ4n) is 4.88. The molecular formula is C23H42N2O3. The Morgan fingerprint density at radius 2 is 1.75 bits per heavy atom. The SMILES string of the molecule is CC(C)CC1CCC([C@H](C)C(=O)NCCCCCC(=O)N2CC[C@@H](O)C2)CC1. The number of likely N-dealkylation sites (tertiary alicyclic amines) is 1. The third kappa shape index (κ3) is 7.73. The number of nitrogens with one attached hydrogen (secondary N) is 1. The van der Waals surface area contributed by atoms with E-state index in [2.05, 4.69) is 26.1 Å². The van der Waals surface area contributed by atoms with Gasteiger partial charge in [-0.3, -0.25) is 9.59 Å². The van der Waals surface area contributed by atoms with Crippen molar-refractivity contribution in [3.63, 3.8) is 0 Å². The number of amides is 2. The molecule has 2 atom stereocenters. The van der Waals surface area contributed by atoms with Crippen LogP contribution in [-0.2, 0) is 9.59 Å². The third-order valence-corrected chi connectivity index (χ3v) is 6.70. The summed E-state index contributed by atoms with van der Waals surface area (Å²) in [6, 6.07) is 0. The molecule has 2 fully saturated rings. The number of carbonyl (C=O) groups excluding carboxylic acids is 2. The van der Waals surface area contributed by atoms with Gasteiger partial charge in [-0.15, -0.1) is 0 Å². The standard InChI is InChI=1S/C23H42N2O3/c1-17(2)15-19-8-10-20(11-9-19)18(3)23(28)24-13-6-4-5-7-22(27)25-14-12-21(26)16-25/h17-21,26H,4-16H2,1-3H3,(H,24,28)/t18-,19?,20?,21+/m0/s1. The number of hydrogen-bond acceptors (Lipinski definition) is 3. The van der Waals surface area contributed by atoms with E-state index in [9.17, 15) is 14.7 Å². The average Bonchev–Trinajstić information content (AvgIpc) is 3.10. The van der Waals surface area contributed by atoms with Crippen LogP contribution >= 0.6 is 0 Å². The molecule has 2 rings (SSSR count). The van der Waals surface area contributed by atoms with Gasteiger partial charge in [0.05, 0.1) is 6.10 Å². The maximum Gasteiger partial charge on any atom is 0.223 e. The molecule has 0 unspecified atom stereocenters. The molecule has 1 aliphatic carbocycles. The lowest BCUT2D eigenvalue weighted by Crippen LogP contribution is -2.35. The van der Waals surface area contributed by atoms with E-state index in [4.69, 9.17) is 0 Å². The second kappa shape index (κ2) is 11.8. The highest BCUT2D eigenvalue weighted by atomic mass is 16.3. The summed E-state index contributed by atoms with van der Waals surface area (Å²) in [7, 11) is 0. The summed E-state index contributed by atoms with van der Waals surface area (Å²) >= 11 is 0. The number of aliphatic hydroxyl groups excluding tert-OH is 1. The molecule has 28 heavy (non-hydrogen) atoms. The predicted octanol–water partition coefficient (Wildman–Crippen LogP) is 3.74. The summed E-state index contributed by atoms with van der Waals surface area (Å²) in [6.45, 7) is 8.58. The second-order valence-corrected chi connectivity index (χ2v) is 9.58. The molecule has 5 heteroatoms. The molecular weight excluding hydrogens is 352 g/mol. The number of β-amino-alcohol motifs (C(OH)–C–C–N with tert-alkyl or cyclic N) is 1. The van der Waals surface area contributed by atoms with Crippen molar-refractivity contribution >= 4 is 11.8 Å². The maximum atomic E-state index is 12.5. The van der Waals surface area contributed by atoms with Gasteiger partial charge in [0.15, 0.2) is 0 Å².